The zero-order valence-corrected chi connectivity index (χ0v) is 9.47. The van der Waals surface area contributed by atoms with Crippen LogP contribution in [0.3, 0.4) is 0 Å². The molecule has 3 nitrogen and oxygen atoms in total. The van der Waals surface area contributed by atoms with Gasteiger partial charge in [-0.2, -0.15) is 18.4 Å². The van der Waals surface area contributed by atoms with Gasteiger partial charge < -0.3 is 10.5 Å². The van der Waals surface area contributed by atoms with Gasteiger partial charge in [0.2, 0.25) is 0 Å². The van der Waals surface area contributed by atoms with Gasteiger partial charge in [0, 0.05) is 6.61 Å². The summed E-state index contributed by atoms with van der Waals surface area (Å²) in [5.74, 6) is 0. The molecule has 2 N–H and O–H groups in total. The van der Waals surface area contributed by atoms with E-state index in [2.05, 4.69) is 4.74 Å². The van der Waals surface area contributed by atoms with Crippen LogP contribution < -0.4 is 5.73 Å². The van der Waals surface area contributed by atoms with Gasteiger partial charge in [0.15, 0.2) is 6.10 Å². The van der Waals surface area contributed by atoms with Gasteiger partial charge in [-0.1, -0.05) is 6.92 Å². The first-order valence-electron chi connectivity index (χ1n) is 5.13. The summed E-state index contributed by atoms with van der Waals surface area (Å²) in [5, 5.41) is 8.73. The Kier molecular flexibility index (Phi) is 5.76. The lowest BCUT2D eigenvalue weighted by molar-refractivity contribution is -0.214. The van der Waals surface area contributed by atoms with Crippen molar-refractivity contribution in [3.63, 3.8) is 0 Å². The topological polar surface area (TPSA) is 59.0 Å². The third-order valence-electron chi connectivity index (χ3n) is 2.45. The van der Waals surface area contributed by atoms with Gasteiger partial charge >= 0.3 is 6.18 Å². The second kappa shape index (κ2) is 6.06. The Morgan fingerprint density at radius 1 is 1.44 bits per heavy atom. The number of nitrogens with two attached hydrogens (primary N) is 1. The van der Waals surface area contributed by atoms with E-state index in [-0.39, 0.29) is 6.61 Å². The van der Waals surface area contributed by atoms with Crippen molar-refractivity contribution >= 4 is 0 Å². The molecule has 0 saturated heterocycles. The lowest BCUT2D eigenvalue weighted by atomic mass is 9.94. The summed E-state index contributed by atoms with van der Waals surface area (Å²) in [7, 11) is 0. The molecule has 0 amide bonds. The Morgan fingerprint density at radius 3 is 2.38 bits per heavy atom. The first kappa shape index (κ1) is 15.2. The molecule has 0 aliphatic carbocycles. The minimum Gasteiger partial charge on any atom is -0.369 e. The molecular formula is C10H17F3N2O. The quantitative estimate of drug-likeness (QED) is 0.723. The maximum Gasteiger partial charge on any atom is 0.414 e. The summed E-state index contributed by atoms with van der Waals surface area (Å²) in [6.45, 7) is 2.68. The maximum atomic E-state index is 12.0. The molecule has 0 saturated carbocycles. The molecule has 0 aromatic carbocycles. The molecule has 0 bridgehead atoms. The largest absolute Gasteiger partial charge is 0.414 e. The predicted octanol–water partition coefficient (Wildman–Crippen LogP) is 2.37. The SMILES string of the molecule is CCC(N)(C#N)CCCOC(C)C(F)(F)F. The Balaban J connectivity index is 3.82. The van der Waals surface area contributed by atoms with E-state index < -0.39 is 17.8 Å². The fraction of sp³-hybridized carbons (Fsp3) is 0.900. The molecule has 0 aliphatic heterocycles. The Morgan fingerprint density at radius 2 is 2.00 bits per heavy atom. The average molecular weight is 238 g/mol. The highest BCUT2D eigenvalue weighted by Gasteiger charge is 2.36. The van der Waals surface area contributed by atoms with Gasteiger partial charge in [0.1, 0.15) is 5.54 Å². The van der Waals surface area contributed by atoms with E-state index in [0.717, 1.165) is 6.92 Å². The molecular weight excluding hydrogens is 221 g/mol. The summed E-state index contributed by atoms with van der Waals surface area (Å²) in [6.07, 6.45) is -4.95. The number of halogens is 3. The monoisotopic (exact) mass is 238 g/mol. The Hall–Kier alpha value is -0.800. The van der Waals surface area contributed by atoms with E-state index in [1.807, 2.05) is 6.07 Å². The number of nitrogens with zero attached hydrogens (tertiary/aromatic N) is 1. The maximum absolute atomic E-state index is 12.0. The van der Waals surface area contributed by atoms with Crippen LogP contribution in [0.2, 0.25) is 0 Å². The van der Waals surface area contributed by atoms with E-state index in [1.165, 1.54) is 0 Å². The normalized spacial score (nSPS) is 17.6. The standard InChI is InChI=1S/C10H17F3N2O/c1-3-9(15,7-14)5-4-6-16-8(2)10(11,12)13/h8H,3-6,15H2,1-2H3. The third kappa shape index (κ3) is 5.33. The van der Waals surface area contributed by atoms with Crippen molar-refractivity contribution in [1.29, 1.82) is 5.26 Å². The van der Waals surface area contributed by atoms with E-state index in [9.17, 15) is 13.2 Å². The summed E-state index contributed by atoms with van der Waals surface area (Å²) < 4.78 is 40.7. The van der Waals surface area contributed by atoms with Crippen LogP contribution in [-0.2, 0) is 4.74 Å². The Bertz CT molecular complexity index is 249. The minimum atomic E-state index is -4.33. The molecule has 6 heteroatoms. The fourth-order valence-corrected chi connectivity index (χ4v) is 1.05. The van der Waals surface area contributed by atoms with E-state index >= 15 is 0 Å². The van der Waals surface area contributed by atoms with E-state index in [4.69, 9.17) is 11.0 Å². The van der Waals surface area contributed by atoms with Crippen molar-refractivity contribution < 1.29 is 17.9 Å². The molecule has 0 spiro atoms. The van der Waals surface area contributed by atoms with Gasteiger partial charge in [0.05, 0.1) is 6.07 Å². The van der Waals surface area contributed by atoms with Crippen molar-refractivity contribution in [1.82, 2.24) is 0 Å². The van der Waals surface area contributed by atoms with Gasteiger partial charge in [-0.15, -0.1) is 0 Å². The first-order valence-corrected chi connectivity index (χ1v) is 5.13. The summed E-state index contributed by atoms with van der Waals surface area (Å²) in [4.78, 5) is 0. The number of ether oxygens (including phenoxy) is 1. The van der Waals surface area contributed by atoms with Crippen LogP contribution in [0.5, 0.6) is 0 Å². The predicted molar refractivity (Wildman–Crippen MR) is 53.5 cm³/mol. The van der Waals surface area contributed by atoms with Crippen LogP contribution in [0.25, 0.3) is 0 Å². The lowest BCUT2D eigenvalue weighted by Crippen LogP contribution is -2.37. The molecule has 0 fully saturated rings. The van der Waals surface area contributed by atoms with Gasteiger partial charge in [-0.25, -0.2) is 0 Å². The van der Waals surface area contributed by atoms with Crippen molar-refractivity contribution in [3.05, 3.63) is 0 Å². The molecule has 0 aromatic heterocycles. The highest BCUT2D eigenvalue weighted by molar-refractivity contribution is 5.03. The molecule has 2 unspecified atom stereocenters. The van der Waals surface area contributed by atoms with E-state index in [1.54, 1.807) is 6.92 Å². The highest BCUT2D eigenvalue weighted by atomic mass is 19.4. The van der Waals surface area contributed by atoms with Crippen molar-refractivity contribution in [2.45, 2.75) is 50.9 Å². The zero-order chi connectivity index (χ0) is 12.8. The molecule has 0 rings (SSSR count). The van der Waals surface area contributed by atoms with Gasteiger partial charge in [-0.3, -0.25) is 0 Å². The number of alkyl halides is 3. The van der Waals surface area contributed by atoms with Crippen LogP contribution >= 0.6 is 0 Å². The summed E-state index contributed by atoms with van der Waals surface area (Å²) in [6, 6.07) is 1.95. The van der Waals surface area contributed by atoms with Crippen molar-refractivity contribution in [2.24, 2.45) is 5.73 Å². The smallest absolute Gasteiger partial charge is 0.369 e. The second-order valence-corrected chi connectivity index (χ2v) is 3.78. The Labute approximate surface area is 93.4 Å². The third-order valence-corrected chi connectivity index (χ3v) is 2.45. The molecule has 0 aliphatic rings. The highest BCUT2D eigenvalue weighted by Crippen LogP contribution is 2.22. The zero-order valence-electron chi connectivity index (χ0n) is 9.47. The van der Waals surface area contributed by atoms with Crippen LogP contribution in [0.4, 0.5) is 13.2 Å². The molecule has 0 aromatic rings. The van der Waals surface area contributed by atoms with Crippen LogP contribution in [-0.4, -0.2) is 24.4 Å². The molecule has 16 heavy (non-hydrogen) atoms. The fourth-order valence-electron chi connectivity index (χ4n) is 1.05. The van der Waals surface area contributed by atoms with Crippen LogP contribution in [0, 0.1) is 11.3 Å². The number of hydrogen-bond donors (Lipinski definition) is 1. The van der Waals surface area contributed by atoms with Crippen molar-refractivity contribution in [2.75, 3.05) is 6.61 Å². The van der Waals surface area contributed by atoms with Crippen LogP contribution in [0.1, 0.15) is 33.1 Å². The van der Waals surface area contributed by atoms with E-state index in [0.29, 0.717) is 19.3 Å². The number of hydrogen-bond acceptors (Lipinski definition) is 3. The molecule has 0 radical (unpaired) electrons. The van der Waals surface area contributed by atoms with Crippen LogP contribution in [0.15, 0.2) is 0 Å². The second-order valence-electron chi connectivity index (χ2n) is 3.78. The number of nitriles is 1. The van der Waals surface area contributed by atoms with Gasteiger partial charge in [0.25, 0.3) is 0 Å². The minimum absolute atomic E-state index is 0.0404. The number of rotatable bonds is 6. The summed E-state index contributed by atoms with van der Waals surface area (Å²) >= 11 is 0. The van der Waals surface area contributed by atoms with Gasteiger partial charge in [-0.05, 0) is 26.2 Å². The van der Waals surface area contributed by atoms with Crippen molar-refractivity contribution in [3.8, 4) is 6.07 Å². The molecule has 2 atom stereocenters. The average Bonchev–Trinajstić information content (AvgIpc) is 2.22. The molecule has 94 valence electrons. The summed E-state index contributed by atoms with van der Waals surface area (Å²) in [5.41, 5.74) is 4.71. The molecule has 0 heterocycles. The first-order chi connectivity index (χ1) is 7.25. The lowest BCUT2D eigenvalue weighted by Gasteiger charge is -2.20.